The van der Waals surface area contributed by atoms with Crippen molar-refractivity contribution in [3.05, 3.63) is 30.1 Å². The fourth-order valence-electron chi connectivity index (χ4n) is 2.60. The molecule has 0 spiro atoms. The van der Waals surface area contributed by atoms with E-state index in [-0.39, 0.29) is 18.3 Å². The van der Waals surface area contributed by atoms with Crippen LogP contribution in [0.2, 0.25) is 0 Å². The molecule has 2 rings (SSSR count). The molecular weight excluding hydrogens is 315 g/mol. The van der Waals surface area contributed by atoms with Crippen molar-refractivity contribution in [2.75, 3.05) is 53.0 Å². The van der Waals surface area contributed by atoms with E-state index in [2.05, 4.69) is 4.90 Å². The van der Waals surface area contributed by atoms with E-state index < -0.39 is 6.10 Å². The van der Waals surface area contributed by atoms with Crippen LogP contribution in [0.15, 0.2) is 24.3 Å². The number of piperazine rings is 1. The molecule has 1 aromatic rings. The monoisotopic (exact) mass is 340 g/mol. The summed E-state index contributed by atoms with van der Waals surface area (Å²) < 4.78 is 23.2. The van der Waals surface area contributed by atoms with Gasteiger partial charge in [0.1, 0.15) is 24.3 Å². The number of hydrogen-bond donors (Lipinski definition) is 1. The third kappa shape index (κ3) is 6.07. The lowest BCUT2D eigenvalue weighted by Gasteiger charge is -2.35. The van der Waals surface area contributed by atoms with Gasteiger partial charge in [-0.3, -0.25) is 9.69 Å². The Morgan fingerprint density at radius 1 is 1.25 bits per heavy atom. The number of hydrogen-bond acceptors (Lipinski definition) is 5. The number of amides is 1. The van der Waals surface area contributed by atoms with Crippen molar-refractivity contribution in [3.63, 3.8) is 0 Å². The summed E-state index contributed by atoms with van der Waals surface area (Å²) in [6.07, 6.45) is -0.226. The van der Waals surface area contributed by atoms with Gasteiger partial charge in [-0.2, -0.15) is 0 Å². The minimum absolute atomic E-state index is 0.108. The Kier molecular flexibility index (Phi) is 7.42. The summed E-state index contributed by atoms with van der Waals surface area (Å²) in [5.41, 5.74) is 0. The summed E-state index contributed by atoms with van der Waals surface area (Å²) in [6, 6.07) is 5.71. The molecule has 0 saturated carbocycles. The number of aliphatic hydroxyl groups excluding tert-OH is 1. The van der Waals surface area contributed by atoms with Gasteiger partial charge in [0.2, 0.25) is 5.91 Å². The molecule has 1 atom stereocenters. The fraction of sp³-hybridized carbons (Fsp3) is 0.588. The molecule has 134 valence electrons. The maximum absolute atomic E-state index is 12.8. The molecule has 0 aromatic heterocycles. The Hall–Kier alpha value is -1.70. The molecule has 6 nitrogen and oxygen atoms in total. The van der Waals surface area contributed by atoms with Crippen LogP contribution in [0.3, 0.4) is 0 Å². The van der Waals surface area contributed by atoms with Crippen LogP contribution in [0.4, 0.5) is 4.39 Å². The zero-order chi connectivity index (χ0) is 17.4. The number of carbonyl (C=O) groups excluding carboxylic acids is 1. The fourth-order valence-corrected chi connectivity index (χ4v) is 2.60. The predicted molar refractivity (Wildman–Crippen MR) is 87.4 cm³/mol. The van der Waals surface area contributed by atoms with Gasteiger partial charge in [-0.15, -0.1) is 0 Å². The Labute approximate surface area is 141 Å². The van der Waals surface area contributed by atoms with Gasteiger partial charge in [-0.25, -0.2) is 4.39 Å². The number of β-amino-alcohol motifs (C(OH)–C–C–N with tert-alkyl or cyclic N) is 1. The first kappa shape index (κ1) is 18.6. The molecule has 0 aliphatic carbocycles. The number of methoxy groups -OCH3 is 1. The highest BCUT2D eigenvalue weighted by Crippen LogP contribution is 2.12. The van der Waals surface area contributed by atoms with Crippen LogP contribution >= 0.6 is 0 Å². The maximum Gasteiger partial charge on any atom is 0.224 e. The molecule has 1 heterocycles. The zero-order valence-electron chi connectivity index (χ0n) is 14.0. The van der Waals surface area contributed by atoms with Gasteiger partial charge in [0.25, 0.3) is 0 Å². The van der Waals surface area contributed by atoms with Crippen LogP contribution in [-0.2, 0) is 9.53 Å². The number of nitrogens with zero attached hydrogens (tertiary/aromatic N) is 2. The molecule has 1 aromatic carbocycles. The Balaban J connectivity index is 1.65. The van der Waals surface area contributed by atoms with Gasteiger partial charge in [0, 0.05) is 39.8 Å². The van der Waals surface area contributed by atoms with E-state index >= 15 is 0 Å². The Morgan fingerprint density at radius 3 is 2.54 bits per heavy atom. The van der Waals surface area contributed by atoms with Crippen LogP contribution < -0.4 is 4.74 Å². The summed E-state index contributed by atoms with van der Waals surface area (Å²) in [5, 5.41) is 10.1. The van der Waals surface area contributed by atoms with Crippen molar-refractivity contribution in [3.8, 4) is 5.75 Å². The zero-order valence-corrected chi connectivity index (χ0v) is 14.0. The summed E-state index contributed by atoms with van der Waals surface area (Å²) >= 11 is 0. The highest BCUT2D eigenvalue weighted by Gasteiger charge is 2.22. The van der Waals surface area contributed by atoms with Crippen LogP contribution in [0.25, 0.3) is 0 Å². The van der Waals surface area contributed by atoms with Crippen LogP contribution in [0.1, 0.15) is 6.42 Å². The highest BCUT2D eigenvalue weighted by molar-refractivity contribution is 5.76. The smallest absolute Gasteiger partial charge is 0.224 e. The highest BCUT2D eigenvalue weighted by atomic mass is 19.1. The number of benzene rings is 1. The van der Waals surface area contributed by atoms with Crippen molar-refractivity contribution in [1.29, 1.82) is 0 Å². The topological polar surface area (TPSA) is 62.2 Å². The van der Waals surface area contributed by atoms with Gasteiger partial charge in [-0.05, 0) is 24.3 Å². The Bertz CT molecular complexity index is 504. The number of aliphatic hydroxyl groups is 1. The number of halogens is 1. The van der Waals surface area contributed by atoms with Crippen LogP contribution in [0, 0.1) is 5.82 Å². The van der Waals surface area contributed by atoms with E-state index in [1.807, 2.05) is 4.90 Å². The predicted octanol–water partition coefficient (Wildman–Crippen LogP) is 0.746. The average molecular weight is 340 g/mol. The standard InChI is InChI=1S/C17H25FN2O4/c1-23-11-6-17(22)20-9-7-19(8-10-20)12-15(21)13-24-16-4-2-14(18)3-5-16/h2-5,15,21H,6-13H2,1H3/t15-/m0/s1. The molecule has 0 radical (unpaired) electrons. The third-order valence-electron chi connectivity index (χ3n) is 3.97. The lowest BCUT2D eigenvalue weighted by atomic mass is 10.2. The van der Waals surface area contributed by atoms with Crippen molar-refractivity contribution in [2.24, 2.45) is 0 Å². The van der Waals surface area contributed by atoms with Gasteiger partial charge in [0.05, 0.1) is 13.0 Å². The van der Waals surface area contributed by atoms with E-state index in [1.165, 1.54) is 24.3 Å². The normalized spacial score (nSPS) is 16.9. The molecular formula is C17H25FN2O4. The minimum Gasteiger partial charge on any atom is -0.491 e. The van der Waals surface area contributed by atoms with Gasteiger partial charge in [0.15, 0.2) is 0 Å². The van der Waals surface area contributed by atoms with Gasteiger partial charge < -0.3 is 19.5 Å². The van der Waals surface area contributed by atoms with Crippen molar-refractivity contribution < 1.29 is 23.8 Å². The molecule has 1 aliphatic heterocycles. The van der Waals surface area contributed by atoms with Gasteiger partial charge in [-0.1, -0.05) is 0 Å². The minimum atomic E-state index is -0.634. The van der Waals surface area contributed by atoms with Crippen molar-refractivity contribution in [1.82, 2.24) is 9.80 Å². The first-order valence-corrected chi connectivity index (χ1v) is 8.14. The molecule has 7 heteroatoms. The van der Waals surface area contributed by atoms with E-state index in [9.17, 15) is 14.3 Å². The second kappa shape index (κ2) is 9.56. The molecule has 24 heavy (non-hydrogen) atoms. The van der Waals surface area contributed by atoms with Crippen molar-refractivity contribution in [2.45, 2.75) is 12.5 Å². The van der Waals surface area contributed by atoms with Gasteiger partial charge >= 0.3 is 0 Å². The largest absolute Gasteiger partial charge is 0.491 e. The molecule has 0 bridgehead atoms. The summed E-state index contributed by atoms with van der Waals surface area (Å²) in [4.78, 5) is 15.8. The molecule has 1 fully saturated rings. The number of ether oxygens (including phenoxy) is 2. The summed E-state index contributed by atoms with van der Waals surface area (Å²) in [5.74, 6) is 0.321. The lowest BCUT2D eigenvalue weighted by Crippen LogP contribution is -2.51. The maximum atomic E-state index is 12.8. The number of rotatable bonds is 8. The van der Waals surface area contributed by atoms with E-state index in [1.54, 1.807) is 7.11 Å². The summed E-state index contributed by atoms with van der Waals surface area (Å²) in [7, 11) is 1.58. The second-order valence-corrected chi connectivity index (χ2v) is 5.84. The van der Waals surface area contributed by atoms with Crippen molar-refractivity contribution >= 4 is 5.91 Å². The lowest BCUT2D eigenvalue weighted by molar-refractivity contribution is -0.134. The quantitative estimate of drug-likeness (QED) is 0.757. The Morgan fingerprint density at radius 2 is 1.92 bits per heavy atom. The first-order chi connectivity index (χ1) is 11.6. The van der Waals surface area contributed by atoms with E-state index in [4.69, 9.17) is 9.47 Å². The van der Waals surface area contributed by atoms with Crippen LogP contribution in [-0.4, -0.2) is 80.0 Å². The third-order valence-corrected chi connectivity index (χ3v) is 3.97. The second-order valence-electron chi connectivity index (χ2n) is 5.84. The molecule has 1 saturated heterocycles. The molecule has 0 unspecified atom stereocenters. The van der Waals surface area contributed by atoms with E-state index in [0.29, 0.717) is 38.4 Å². The average Bonchev–Trinajstić information content (AvgIpc) is 2.60. The SMILES string of the molecule is COCCC(=O)N1CCN(C[C@H](O)COc2ccc(F)cc2)CC1. The molecule has 1 N–H and O–H groups in total. The molecule has 1 amide bonds. The summed E-state index contributed by atoms with van der Waals surface area (Å²) in [6.45, 7) is 3.86. The molecule has 1 aliphatic rings. The van der Waals surface area contributed by atoms with E-state index in [0.717, 1.165) is 13.1 Å². The first-order valence-electron chi connectivity index (χ1n) is 8.14. The number of carbonyl (C=O) groups is 1. The van der Waals surface area contributed by atoms with Crippen LogP contribution in [0.5, 0.6) is 5.75 Å².